The lowest BCUT2D eigenvalue weighted by Crippen LogP contribution is -2.65. The molecule has 532 valence electrons. The van der Waals surface area contributed by atoms with Gasteiger partial charge in [-0.25, -0.2) is 0 Å². The minimum atomic E-state index is -2.61. The van der Waals surface area contributed by atoms with Gasteiger partial charge in [-0.05, 0) is 220 Å². The van der Waals surface area contributed by atoms with Crippen LogP contribution in [-0.4, -0.2) is 29.6 Å². The SMILES string of the molecule is Cc1ccc(N2c3ccc(C)cc3B3c4cc(C(C)(C)Cc5ccc([Si](C)(C)c6ccc7c8c6N(c6ccc(C(C)(C)C)cc6)c6ccc(C(C)(C)C)cc6B8c6cc(C(C)(C)C)ccc6N7c6ccc(C(C)(C)C)cc6)cc5)ccc4N(c4ccc(C(C)(C)C)cc4)c4ccc([Si](C)(C)C)c2c43)cc1. The first-order valence-corrected chi connectivity index (χ1v) is 45.3. The van der Waals surface area contributed by atoms with Crippen LogP contribution in [-0.2, 0) is 38.9 Å². The highest BCUT2D eigenvalue weighted by atomic mass is 28.3. The van der Waals surface area contributed by atoms with Crippen molar-refractivity contribution in [1.82, 2.24) is 0 Å². The monoisotopic (exact) mass is 1410 g/mol. The van der Waals surface area contributed by atoms with Crippen molar-refractivity contribution in [3.05, 3.63) is 268 Å². The minimum absolute atomic E-state index is 0.0000717. The van der Waals surface area contributed by atoms with Crippen LogP contribution in [0.5, 0.6) is 0 Å². The Labute approximate surface area is 633 Å². The summed E-state index contributed by atoms with van der Waals surface area (Å²) in [5.74, 6) is 0. The predicted octanol–water partition coefficient (Wildman–Crippen LogP) is 20.8. The largest absolute Gasteiger partial charge is 0.312 e. The number of hydrogen-bond donors (Lipinski definition) is 0. The number of nitrogens with zero attached hydrogens (tertiary/aromatic N) is 4. The zero-order valence-electron chi connectivity index (χ0n) is 67.4. The zero-order chi connectivity index (χ0) is 74.9. The van der Waals surface area contributed by atoms with Crippen LogP contribution in [0.15, 0.2) is 218 Å². The fourth-order valence-electron chi connectivity index (χ4n) is 17.6. The zero-order valence-corrected chi connectivity index (χ0v) is 69.4. The van der Waals surface area contributed by atoms with E-state index in [1.807, 2.05) is 0 Å². The van der Waals surface area contributed by atoms with E-state index in [1.54, 1.807) is 0 Å². The maximum Gasteiger partial charge on any atom is 0.252 e. The maximum atomic E-state index is 2.70. The highest BCUT2D eigenvalue weighted by Crippen LogP contribution is 2.49. The lowest BCUT2D eigenvalue weighted by atomic mass is 9.33. The Balaban J connectivity index is 0.876. The molecular weight excluding hydrogens is 1300 g/mol. The van der Waals surface area contributed by atoms with Crippen LogP contribution in [0.25, 0.3) is 0 Å². The summed E-state index contributed by atoms with van der Waals surface area (Å²) in [5, 5.41) is 4.36. The summed E-state index contributed by atoms with van der Waals surface area (Å²) in [6, 6.07) is 87.6. The summed E-state index contributed by atoms with van der Waals surface area (Å²) in [6.45, 7) is 57.4. The number of anilines is 12. The van der Waals surface area contributed by atoms with Gasteiger partial charge in [0.25, 0.3) is 13.4 Å². The van der Waals surface area contributed by atoms with Gasteiger partial charge in [0.2, 0.25) is 0 Å². The topological polar surface area (TPSA) is 13.0 Å². The van der Waals surface area contributed by atoms with E-state index in [-0.39, 0.29) is 45.9 Å². The third kappa shape index (κ3) is 12.4. The van der Waals surface area contributed by atoms with Gasteiger partial charge in [-0.1, -0.05) is 300 Å². The van der Waals surface area contributed by atoms with Gasteiger partial charge in [0.15, 0.2) is 0 Å². The van der Waals surface area contributed by atoms with Crippen molar-refractivity contribution in [2.75, 3.05) is 19.6 Å². The molecule has 4 aliphatic heterocycles. The molecule has 11 aromatic rings. The van der Waals surface area contributed by atoms with Crippen LogP contribution < -0.4 is 67.9 Å². The smallest absolute Gasteiger partial charge is 0.252 e. The molecule has 11 aromatic carbocycles. The molecule has 0 atom stereocenters. The molecule has 4 heterocycles. The molecule has 0 aliphatic carbocycles. The van der Waals surface area contributed by atoms with Gasteiger partial charge in [0.05, 0.1) is 8.07 Å². The molecule has 0 saturated heterocycles. The number of hydrogen-bond acceptors (Lipinski definition) is 4. The molecule has 0 aromatic heterocycles. The summed E-state index contributed by atoms with van der Waals surface area (Å²) in [7, 11) is -4.58. The van der Waals surface area contributed by atoms with Crippen molar-refractivity contribution < 1.29 is 0 Å². The van der Waals surface area contributed by atoms with Crippen molar-refractivity contribution >= 4 is 146 Å². The van der Waals surface area contributed by atoms with Gasteiger partial charge in [0.1, 0.15) is 8.07 Å². The Bertz CT molecular complexity index is 5210. The quantitative estimate of drug-likeness (QED) is 0.127. The van der Waals surface area contributed by atoms with Gasteiger partial charge in [-0.15, -0.1) is 0 Å². The fraction of sp³-hybridized carbons (Fsp3) is 0.320. The molecule has 0 amide bonds. The van der Waals surface area contributed by atoms with E-state index in [1.165, 1.54) is 167 Å². The number of aryl methyl sites for hydroxylation is 2. The molecule has 4 aliphatic rings. The lowest BCUT2D eigenvalue weighted by Gasteiger charge is -2.47. The van der Waals surface area contributed by atoms with Gasteiger partial charge in [-0.2, -0.15) is 0 Å². The second-order valence-electron chi connectivity index (χ2n) is 38.7. The standard InChI is InChI=1S/C97H110B2N4Si2/c1-62-25-39-73(40-26-62)102-82-49-27-63(2)57-76(82)98-79-60-70(38-52-81(79)101(72-43-32-66(33-44-72)93(6,7)8)84-53-55-86(104(20,21)22)90(102)88(84)98)97(18,19)61-64-28-47-75(48-29-64)105(23,24)87-56-54-85-89-91(87)103(74-45-34-67(35-46-74)94(9,10)11)83-51-37-69(96(15,16)17)59-78(83)99(89)77-58-68(95(12,13)14)36-50-80(77)100(85)71-41-30-65(31-42-71)92(3,4)5/h25-60H,61H2,1-24H3. The van der Waals surface area contributed by atoms with Gasteiger partial charge >= 0.3 is 0 Å². The average Bonchev–Trinajstić information content (AvgIpc) is 0.687. The third-order valence-corrected chi connectivity index (χ3v) is 29.5. The van der Waals surface area contributed by atoms with Crippen LogP contribution >= 0.6 is 0 Å². The summed E-state index contributed by atoms with van der Waals surface area (Å²) in [6.07, 6.45) is 0.884. The molecule has 0 bridgehead atoms. The Morgan fingerprint density at radius 2 is 0.590 bits per heavy atom. The van der Waals surface area contributed by atoms with Gasteiger partial charge < -0.3 is 19.6 Å². The van der Waals surface area contributed by atoms with Crippen LogP contribution in [0.3, 0.4) is 0 Å². The molecule has 0 unspecified atom stereocenters. The molecule has 4 nitrogen and oxygen atoms in total. The van der Waals surface area contributed by atoms with E-state index in [0.717, 1.165) is 6.42 Å². The van der Waals surface area contributed by atoms with E-state index < -0.39 is 16.1 Å². The summed E-state index contributed by atoms with van der Waals surface area (Å²) in [5.41, 5.74) is 34.9. The van der Waals surface area contributed by atoms with Crippen LogP contribution in [0, 0.1) is 13.8 Å². The molecule has 8 heteroatoms. The summed E-state index contributed by atoms with van der Waals surface area (Å²) in [4.78, 5) is 10.5. The second kappa shape index (κ2) is 24.9. The molecule has 0 radical (unpaired) electrons. The maximum absolute atomic E-state index is 2.70. The number of benzene rings is 11. The molecule has 0 N–H and O–H groups in total. The van der Waals surface area contributed by atoms with E-state index in [4.69, 9.17) is 0 Å². The highest BCUT2D eigenvalue weighted by molar-refractivity contribution is 7.05. The average molecular weight is 1410 g/mol. The van der Waals surface area contributed by atoms with Crippen LogP contribution in [0.1, 0.15) is 168 Å². The number of fused-ring (bicyclic) bond motifs is 8. The summed E-state index contributed by atoms with van der Waals surface area (Å²) >= 11 is 0. The van der Waals surface area contributed by atoms with Crippen molar-refractivity contribution in [3.63, 3.8) is 0 Å². The van der Waals surface area contributed by atoms with E-state index in [2.05, 4.69) is 402 Å². The first-order valence-electron chi connectivity index (χ1n) is 38.8. The fourth-order valence-corrected chi connectivity index (χ4v) is 21.7. The van der Waals surface area contributed by atoms with E-state index in [0.29, 0.717) is 0 Å². The highest BCUT2D eigenvalue weighted by Gasteiger charge is 2.49. The molecule has 0 spiro atoms. The summed E-state index contributed by atoms with van der Waals surface area (Å²) < 4.78 is 0. The van der Waals surface area contributed by atoms with Gasteiger partial charge in [0, 0.05) is 68.2 Å². The third-order valence-electron chi connectivity index (χ3n) is 24.0. The number of rotatable bonds is 10. The van der Waals surface area contributed by atoms with Crippen molar-refractivity contribution in [2.24, 2.45) is 0 Å². The van der Waals surface area contributed by atoms with Crippen LogP contribution in [0.4, 0.5) is 68.2 Å². The molecular formula is C97H110B2N4Si2. The van der Waals surface area contributed by atoms with Gasteiger partial charge in [-0.3, -0.25) is 0 Å². The minimum Gasteiger partial charge on any atom is -0.312 e. The first-order chi connectivity index (χ1) is 49.2. The molecule has 105 heavy (non-hydrogen) atoms. The van der Waals surface area contributed by atoms with Crippen molar-refractivity contribution in [2.45, 2.75) is 203 Å². The lowest BCUT2D eigenvalue weighted by molar-refractivity contribution is 0.523. The molecule has 15 rings (SSSR count). The Morgan fingerprint density at radius 3 is 0.990 bits per heavy atom. The molecule has 0 saturated carbocycles. The molecule has 0 fully saturated rings. The van der Waals surface area contributed by atoms with Crippen LogP contribution in [0.2, 0.25) is 32.7 Å². The Kier molecular flexibility index (Phi) is 17.0. The Morgan fingerprint density at radius 1 is 0.286 bits per heavy atom. The normalized spacial score (nSPS) is 14.4. The van der Waals surface area contributed by atoms with E-state index in [9.17, 15) is 0 Å². The van der Waals surface area contributed by atoms with Crippen molar-refractivity contribution in [1.29, 1.82) is 0 Å². The van der Waals surface area contributed by atoms with E-state index >= 15 is 0 Å². The Hall–Kier alpha value is -8.82. The first kappa shape index (κ1) is 71.8. The second-order valence-corrected chi connectivity index (χ2v) is 48.1. The predicted molar refractivity (Wildman–Crippen MR) is 467 cm³/mol. The van der Waals surface area contributed by atoms with Crippen molar-refractivity contribution in [3.8, 4) is 0 Å².